The van der Waals surface area contributed by atoms with E-state index in [0.717, 1.165) is 5.56 Å². The van der Waals surface area contributed by atoms with E-state index in [1.165, 1.54) is 12.0 Å². The quantitative estimate of drug-likeness (QED) is 0.716. The van der Waals surface area contributed by atoms with Crippen LogP contribution in [0.3, 0.4) is 0 Å². The molecule has 1 amide bonds. The van der Waals surface area contributed by atoms with E-state index in [9.17, 15) is 14.7 Å². The molecule has 1 aliphatic rings. The van der Waals surface area contributed by atoms with Crippen molar-refractivity contribution in [2.24, 2.45) is 0 Å². The molecule has 1 heterocycles. The molecule has 0 radical (unpaired) electrons. The molecule has 0 saturated heterocycles. The smallest absolute Gasteiger partial charge is 0.337 e. The summed E-state index contributed by atoms with van der Waals surface area (Å²) in [5.74, 6) is 0.247. The lowest BCUT2D eigenvalue weighted by Crippen LogP contribution is -2.31. The van der Waals surface area contributed by atoms with E-state index < -0.39 is 5.97 Å². The first-order chi connectivity index (χ1) is 13.5. The van der Waals surface area contributed by atoms with Crippen LogP contribution in [0.15, 0.2) is 59.8 Å². The van der Waals surface area contributed by atoms with Crippen LogP contribution < -0.4 is 10.1 Å². The number of methoxy groups -OCH3 is 1. The van der Waals surface area contributed by atoms with E-state index in [0.29, 0.717) is 17.2 Å². The van der Waals surface area contributed by atoms with E-state index in [-0.39, 0.29) is 36.9 Å². The maximum Gasteiger partial charge on any atom is 0.337 e. The summed E-state index contributed by atoms with van der Waals surface area (Å²) in [7, 11) is 1.27. The Morgan fingerprint density at radius 2 is 1.93 bits per heavy atom. The summed E-state index contributed by atoms with van der Waals surface area (Å²) in [6.07, 6.45) is 0. The van der Waals surface area contributed by atoms with Gasteiger partial charge >= 0.3 is 5.97 Å². The summed E-state index contributed by atoms with van der Waals surface area (Å²) < 4.78 is 10.8. The number of rotatable bonds is 7. The van der Waals surface area contributed by atoms with Gasteiger partial charge in [0.1, 0.15) is 11.4 Å². The van der Waals surface area contributed by atoms with Gasteiger partial charge in [-0.3, -0.25) is 4.79 Å². The number of aliphatic hydroxyl groups excluding tert-OH is 1. The first-order valence-electron chi connectivity index (χ1n) is 8.86. The molecule has 0 spiro atoms. The summed E-state index contributed by atoms with van der Waals surface area (Å²) in [5.41, 5.74) is 1.77. The number of para-hydroxylation sites is 2. The van der Waals surface area contributed by atoms with Gasteiger partial charge in [-0.15, -0.1) is 0 Å². The highest BCUT2D eigenvalue weighted by Gasteiger charge is 2.34. The predicted octanol–water partition coefficient (Wildman–Crippen LogP) is 2.46. The van der Waals surface area contributed by atoms with Gasteiger partial charge in [0.2, 0.25) is 0 Å². The van der Waals surface area contributed by atoms with Crippen molar-refractivity contribution in [2.75, 3.05) is 32.1 Å². The van der Waals surface area contributed by atoms with Crippen LogP contribution in [-0.4, -0.2) is 48.7 Å². The van der Waals surface area contributed by atoms with Crippen molar-refractivity contribution in [1.82, 2.24) is 4.90 Å². The Balaban J connectivity index is 1.96. The fourth-order valence-corrected chi connectivity index (χ4v) is 2.98. The van der Waals surface area contributed by atoms with E-state index in [2.05, 4.69) is 5.32 Å². The standard InChI is InChI=1S/C21H22N2O5/c1-14-7-6-10-17(19(14)28-15-8-4-3-5-9-15)22-18-16(21(26)27-2)13-23(11-12-24)20(18)25/h3-10,22,24H,11-13H2,1-2H3. The van der Waals surface area contributed by atoms with Crippen LogP contribution in [-0.2, 0) is 14.3 Å². The van der Waals surface area contributed by atoms with E-state index in [4.69, 9.17) is 9.47 Å². The Morgan fingerprint density at radius 3 is 2.61 bits per heavy atom. The normalized spacial score (nSPS) is 13.7. The van der Waals surface area contributed by atoms with Gasteiger partial charge in [0.15, 0.2) is 5.75 Å². The SMILES string of the molecule is COC(=O)C1=C(Nc2cccc(C)c2Oc2ccccc2)C(=O)N(CCO)C1. The first-order valence-corrected chi connectivity index (χ1v) is 8.86. The fourth-order valence-electron chi connectivity index (χ4n) is 2.98. The molecule has 0 fully saturated rings. The highest BCUT2D eigenvalue weighted by Crippen LogP contribution is 2.35. The summed E-state index contributed by atoms with van der Waals surface area (Å²) in [6.45, 7) is 1.91. The van der Waals surface area contributed by atoms with Crippen molar-refractivity contribution in [1.29, 1.82) is 0 Å². The molecule has 28 heavy (non-hydrogen) atoms. The monoisotopic (exact) mass is 382 g/mol. The topological polar surface area (TPSA) is 88.1 Å². The van der Waals surface area contributed by atoms with Gasteiger partial charge in [-0.2, -0.15) is 0 Å². The molecule has 2 N–H and O–H groups in total. The molecule has 3 rings (SSSR count). The van der Waals surface area contributed by atoms with Crippen LogP contribution in [0, 0.1) is 6.92 Å². The number of ether oxygens (including phenoxy) is 2. The number of carbonyl (C=O) groups excluding carboxylic acids is 2. The molecule has 0 bridgehead atoms. The molecule has 7 nitrogen and oxygen atoms in total. The molecule has 7 heteroatoms. The number of anilines is 1. The first kappa shape index (κ1) is 19.4. The third-order valence-electron chi connectivity index (χ3n) is 4.39. The average molecular weight is 382 g/mol. The number of hydrogen-bond donors (Lipinski definition) is 2. The van der Waals surface area contributed by atoms with Gasteiger partial charge < -0.3 is 24.8 Å². The van der Waals surface area contributed by atoms with Gasteiger partial charge in [-0.1, -0.05) is 30.3 Å². The molecule has 2 aromatic rings. The minimum Gasteiger partial charge on any atom is -0.466 e. The van der Waals surface area contributed by atoms with Gasteiger partial charge in [0.05, 0.1) is 31.5 Å². The lowest BCUT2D eigenvalue weighted by Gasteiger charge is -2.17. The van der Waals surface area contributed by atoms with Crippen LogP contribution in [0.5, 0.6) is 11.5 Å². The number of β-amino-alcohol motifs (C(OH)–C–C–N with tert-alkyl or cyclic N) is 1. The zero-order valence-electron chi connectivity index (χ0n) is 15.8. The largest absolute Gasteiger partial charge is 0.466 e. The van der Waals surface area contributed by atoms with Gasteiger partial charge in [0.25, 0.3) is 5.91 Å². The van der Waals surface area contributed by atoms with Gasteiger partial charge in [-0.05, 0) is 30.7 Å². The number of benzene rings is 2. The van der Waals surface area contributed by atoms with E-state index in [1.54, 1.807) is 6.07 Å². The number of nitrogens with zero attached hydrogens (tertiary/aromatic N) is 1. The Hall–Kier alpha value is -3.32. The van der Waals surface area contributed by atoms with Gasteiger partial charge in [0, 0.05) is 6.54 Å². The zero-order chi connectivity index (χ0) is 20.1. The predicted molar refractivity (Wildman–Crippen MR) is 104 cm³/mol. The molecule has 0 saturated carbocycles. The second kappa shape index (κ2) is 8.58. The Kier molecular flexibility index (Phi) is 5.96. The number of aryl methyl sites for hydroxylation is 1. The number of hydrogen-bond acceptors (Lipinski definition) is 6. The minimum absolute atomic E-state index is 0.0785. The summed E-state index contributed by atoms with van der Waals surface area (Å²) in [4.78, 5) is 26.3. The van der Waals surface area contributed by atoms with Crippen molar-refractivity contribution < 1.29 is 24.2 Å². The van der Waals surface area contributed by atoms with Crippen molar-refractivity contribution in [3.8, 4) is 11.5 Å². The second-order valence-corrected chi connectivity index (χ2v) is 6.29. The molecule has 0 aromatic heterocycles. The summed E-state index contributed by atoms with van der Waals surface area (Å²) in [5, 5.41) is 12.2. The maximum absolute atomic E-state index is 12.7. The number of esters is 1. The molecule has 0 aliphatic carbocycles. The molecule has 1 aliphatic heterocycles. The molecule has 2 aromatic carbocycles. The molecule has 0 unspecified atom stereocenters. The zero-order valence-corrected chi connectivity index (χ0v) is 15.8. The second-order valence-electron chi connectivity index (χ2n) is 6.29. The average Bonchev–Trinajstić information content (AvgIpc) is 3.01. The summed E-state index contributed by atoms with van der Waals surface area (Å²) >= 11 is 0. The van der Waals surface area contributed by atoms with Gasteiger partial charge in [-0.25, -0.2) is 4.79 Å². The van der Waals surface area contributed by atoms with Crippen molar-refractivity contribution in [3.63, 3.8) is 0 Å². The van der Waals surface area contributed by atoms with Crippen LogP contribution in [0.4, 0.5) is 5.69 Å². The highest BCUT2D eigenvalue weighted by molar-refractivity contribution is 6.08. The minimum atomic E-state index is -0.588. The Bertz CT molecular complexity index is 908. The van der Waals surface area contributed by atoms with Crippen LogP contribution in [0.25, 0.3) is 0 Å². The van der Waals surface area contributed by atoms with Crippen molar-refractivity contribution in [2.45, 2.75) is 6.92 Å². The highest BCUT2D eigenvalue weighted by atomic mass is 16.5. The molecule has 0 atom stereocenters. The fraction of sp³-hybridized carbons (Fsp3) is 0.238. The lowest BCUT2D eigenvalue weighted by atomic mass is 10.1. The molecular weight excluding hydrogens is 360 g/mol. The van der Waals surface area contributed by atoms with Crippen molar-refractivity contribution >= 4 is 17.6 Å². The number of carbonyl (C=O) groups is 2. The third-order valence-corrected chi connectivity index (χ3v) is 4.39. The molecule has 146 valence electrons. The number of amides is 1. The number of aliphatic hydroxyl groups is 1. The Morgan fingerprint density at radius 1 is 1.18 bits per heavy atom. The maximum atomic E-state index is 12.7. The van der Waals surface area contributed by atoms with Crippen LogP contribution in [0.1, 0.15) is 5.56 Å². The molecular formula is C21H22N2O5. The van der Waals surface area contributed by atoms with Crippen LogP contribution >= 0.6 is 0 Å². The van der Waals surface area contributed by atoms with E-state index in [1.807, 2.05) is 49.4 Å². The van der Waals surface area contributed by atoms with Crippen molar-refractivity contribution in [3.05, 3.63) is 65.4 Å². The Labute approximate surface area is 163 Å². The third kappa shape index (κ3) is 3.99. The van der Waals surface area contributed by atoms with E-state index >= 15 is 0 Å². The van der Waals surface area contributed by atoms with Crippen LogP contribution in [0.2, 0.25) is 0 Å². The number of nitrogens with one attached hydrogen (secondary N) is 1. The summed E-state index contributed by atoms with van der Waals surface area (Å²) in [6, 6.07) is 14.8. The lowest BCUT2D eigenvalue weighted by molar-refractivity contribution is -0.136.